The number of carbonyl (C=O) groups excluding carboxylic acids is 2. The summed E-state index contributed by atoms with van der Waals surface area (Å²) in [5.74, 6) is -0.214. The van der Waals surface area contributed by atoms with E-state index in [1.165, 1.54) is 23.8 Å². The summed E-state index contributed by atoms with van der Waals surface area (Å²) in [4.78, 5) is 26.3. The molecule has 3 rings (SSSR count). The van der Waals surface area contributed by atoms with Gasteiger partial charge in [-0.15, -0.1) is 0 Å². The molecule has 1 aliphatic rings. The summed E-state index contributed by atoms with van der Waals surface area (Å²) in [5, 5.41) is 0. The van der Waals surface area contributed by atoms with Gasteiger partial charge in [-0.1, -0.05) is 52.0 Å². The Hall–Kier alpha value is -2.16. The molecule has 2 aromatic carbocycles. The van der Waals surface area contributed by atoms with Gasteiger partial charge in [-0.2, -0.15) is 0 Å². The van der Waals surface area contributed by atoms with Crippen molar-refractivity contribution in [1.29, 1.82) is 0 Å². The van der Waals surface area contributed by atoms with E-state index in [2.05, 4.69) is 20.7 Å². The summed E-state index contributed by atoms with van der Waals surface area (Å²) in [6.07, 6.45) is 1.71. The minimum absolute atomic E-state index is 0.195. The van der Waals surface area contributed by atoms with Gasteiger partial charge in [0.2, 0.25) is 0 Å². The molecular weight excluding hydrogens is 462 g/mol. The molecule has 1 saturated heterocycles. The minimum Gasteiger partial charge on any atom is -0.481 e. The molecule has 1 fully saturated rings. The summed E-state index contributed by atoms with van der Waals surface area (Å²) in [5.41, 5.74) is 2.44. The van der Waals surface area contributed by atoms with E-state index in [9.17, 15) is 9.59 Å². The number of hydrogen-bond acceptors (Lipinski definition) is 6. The van der Waals surface area contributed by atoms with E-state index < -0.39 is 5.97 Å². The van der Waals surface area contributed by atoms with Crippen LogP contribution in [-0.4, -0.2) is 29.9 Å². The van der Waals surface area contributed by atoms with E-state index in [1.807, 2.05) is 37.3 Å². The van der Waals surface area contributed by atoms with Gasteiger partial charge in [0.1, 0.15) is 5.75 Å². The van der Waals surface area contributed by atoms with Crippen LogP contribution in [0.25, 0.3) is 6.08 Å². The zero-order chi connectivity index (χ0) is 20.3. The Bertz CT molecular complexity index is 990. The molecule has 1 aliphatic heterocycles. The Kier molecular flexibility index (Phi) is 6.53. The monoisotopic (exact) mass is 477 g/mol. The van der Waals surface area contributed by atoms with E-state index in [0.717, 1.165) is 15.7 Å². The fraction of sp³-hybridized carbons (Fsp3) is 0.150. The van der Waals surface area contributed by atoms with Crippen LogP contribution in [-0.2, 0) is 14.3 Å². The van der Waals surface area contributed by atoms with Crippen LogP contribution in [0.2, 0.25) is 0 Å². The molecule has 5 nitrogen and oxygen atoms in total. The number of rotatable bonds is 5. The average Bonchev–Trinajstić information content (AvgIpc) is 2.94. The fourth-order valence-corrected chi connectivity index (χ4v) is 4.23. The van der Waals surface area contributed by atoms with Crippen molar-refractivity contribution in [3.05, 3.63) is 63.0 Å². The molecule has 144 valence electrons. The van der Waals surface area contributed by atoms with Crippen molar-refractivity contribution in [2.45, 2.75) is 6.92 Å². The van der Waals surface area contributed by atoms with E-state index in [1.54, 1.807) is 18.2 Å². The first-order valence-electron chi connectivity index (χ1n) is 8.23. The third kappa shape index (κ3) is 4.63. The number of methoxy groups -OCH3 is 1. The van der Waals surface area contributed by atoms with Crippen LogP contribution in [0.1, 0.15) is 11.1 Å². The molecule has 0 bridgehead atoms. The lowest BCUT2D eigenvalue weighted by atomic mass is 10.1. The first kappa shape index (κ1) is 20.6. The zero-order valence-corrected chi connectivity index (χ0v) is 18.3. The number of thiocarbonyl (C=S) groups is 1. The van der Waals surface area contributed by atoms with Gasteiger partial charge < -0.3 is 9.47 Å². The number of carbonyl (C=O) groups is 2. The maximum absolute atomic E-state index is 13.0. The number of anilines is 1. The largest absolute Gasteiger partial charge is 0.481 e. The number of benzene rings is 2. The second kappa shape index (κ2) is 8.89. The SMILES string of the molecule is COC(=O)COc1ccc(Br)cc1/C=C1\SC(=S)N(c2cccc(C)c2)C1=O. The van der Waals surface area contributed by atoms with Gasteiger partial charge in [-0.05, 0) is 48.9 Å². The topological polar surface area (TPSA) is 55.8 Å². The molecule has 1 heterocycles. The first-order chi connectivity index (χ1) is 13.4. The van der Waals surface area contributed by atoms with Crippen LogP contribution in [0, 0.1) is 6.92 Å². The molecule has 0 saturated carbocycles. The fourth-order valence-electron chi connectivity index (χ4n) is 2.56. The Labute approximate surface area is 180 Å². The Morgan fingerprint density at radius 2 is 2.07 bits per heavy atom. The maximum Gasteiger partial charge on any atom is 0.343 e. The summed E-state index contributed by atoms with van der Waals surface area (Å²) in [7, 11) is 1.30. The minimum atomic E-state index is -0.486. The lowest BCUT2D eigenvalue weighted by molar-refractivity contribution is -0.142. The highest BCUT2D eigenvalue weighted by atomic mass is 79.9. The van der Waals surface area contributed by atoms with Crippen LogP contribution in [0.4, 0.5) is 5.69 Å². The number of thioether (sulfide) groups is 1. The van der Waals surface area contributed by atoms with Crippen molar-refractivity contribution in [3.63, 3.8) is 0 Å². The molecule has 0 spiro atoms. The smallest absolute Gasteiger partial charge is 0.343 e. The number of ether oxygens (including phenoxy) is 2. The molecule has 0 atom stereocenters. The summed E-state index contributed by atoms with van der Waals surface area (Å²) in [6.45, 7) is 1.74. The van der Waals surface area contributed by atoms with E-state index in [0.29, 0.717) is 20.5 Å². The third-order valence-corrected chi connectivity index (χ3v) is 5.68. The first-order valence-corrected chi connectivity index (χ1v) is 10.2. The van der Waals surface area contributed by atoms with Crippen LogP contribution in [0.5, 0.6) is 5.75 Å². The number of aryl methyl sites for hydroxylation is 1. The molecule has 0 unspecified atom stereocenters. The number of amides is 1. The van der Waals surface area contributed by atoms with E-state index in [-0.39, 0.29) is 12.5 Å². The van der Waals surface area contributed by atoms with Gasteiger partial charge >= 0.3 is 5.97 Å². The maximum atomic E-state index is 13.0. The Morgan fingerprint density at radius 3 is 2.79 bits per heavy atom. The van der Waals surface area contributed by atoms with Crippen molar-refractivity contribution in [2.24, 2.45) is 0 Å². The molecule has 0 aliphatic carbocycles. The number of hydrogen-bond donors (Lipinski definition) is 0. The average molecular weight is 478 g/mol. The summed E-state index contributed by atoms with van der Waals surface area (Å²) < 4.78 is 11.4. The van der Waals surface area contributed by atoms with Crippen molar-refractivity contribution < 1.29 is 19.1 Å². The van der Waals surface area contributed by atoms with Gasteiger partial charge in [0.15, 0.2) is 10.9 Å². The van der Waals surface area contributed by atoms with Gasteiger partial charge in [-0.25, -0.2) is 4.79 Å². The predicted molar refractivity (Wildman–Crippen MR) is 118 cm³/mol. The highest BCUT2D eigenvalue weighted by Crippen LogP contribution is 2.37. The van der Waals surface area contributed by atoms with E-state index in [4.69, 9.17) is 17.0 Å². The summed E-state index contributed by atoms with van der Waals surface area (Å²) >= 11 is 10.1. The molecule has 1 amide bonds. The van der Waals surface area contributed by atoms with E-state index >= 15 is 0 Å². The quantitative estimate of drug-likeness (QED) is 0.352. The van der Waals surface area contributed by atoms with Crippen molar-refractivity contribution >= 4 is 67.9 Å². The number of esters is 1. The zero-order valence-electron chi connectivity index (χ0n) is 15.1. The van der Waals surface area contributed by atoms with Gasteiger partial charge in [0.25, 0.3) is 5.91 Å². The summed E-state index contributed by atoms with van der Waals surface area (Å²) in [6, 6.07) is 12.9. The normalized spacial score (nSPS) is 15.2. The van der Waals surface area contributed by atoms with Gasteiger partial charge in [-0.3, -0.25) is 9.69 Å². The molecule has 2 aromatic rings. The number of halogens is 1. The Morgan fingerprint density at radius 1 is 1.29 bits per heavy atom. The molecule has 0 radical (unpaired) electrons. The lowest BCUT2D eigenvalue weighted by Gasteiger charge is -2.15. The van der Waals surface area contributed by atoms with Crippen molar-refractivity contribution in [1.82, 2.24) is 0 Å². The van der Waals surface area contributed by atoms with Crippen LogP contribution in [0.15, 0.2) is 51.8 Å². The molecule has 28 heavy (non-hydrogen) atoms. The van der Waals surface area contributed by atoms with Gasteiger partial charge in [0, 0.05) is 10.0 Å². The highest BCUT2D eigenvalue weighted by Gasteiger charge is 2.33. The van der Waals surface area contributed by atoms with Crippen molar-refractivity contribution in [2.75, 3.05) is 18.6 Å². The van der Waals surface area contributed by atoms with Crippen LogP contribution in [0.3, 0.4) is 0 Å². The number of nitrogens with zero attached hydrogens (tertiary/aromatic N) is 1. The van der Waals surface area contributed by atoms with Crippen LogP contribution >= 0.6 is 39.9 Å². The molecule has 0 N–H and O–H groups in total. The van der Waals surface area contributed by atoms with Gasteiger partial charge in [0.05, 0.1) is 17.7 Å². The Balaban J connectivity index is 1.91. The second-order valence-electron chi connectivity index (χ2n) is 5.90. The predicted octanol–water partition coefficient (Wildman–Crippen LogP) is 4.72. The second-order valence-corrected chi connectivity index (χ2v) is 8.49. The standard InChI is InChI=1S/C20H16BrNO4S2/c1-12-4-3-5-15(8-12)22-19(24)17(28-20(22)27)10-13-9-14(21)6-7-16(13)26-11-18(23)25-2/h3-10H,11H2,1-2H3/b17-10-. The third-order valence-electron chi connectivity index (χ3n) is 3.89. The molecule has 8 heteroatoms. The molecular formula is C20H16BrNO4S2. The highest BCUT2D eigenvalue weighted by molar-refractivity contribution is 9.10. The molecule has 0 aromatic heterocycles. The van der Waals surface area contributed by atoms with Crippen molar-refractivity contribution in [3.8, 4) is 5.75 Å². The van der Waals surface area contributed by atoms with Crippen LogP contribution < -0.4 is 9.64 Å². The lowest BCUT2D eigenvalue weighted by Crippen LogP contribution is -2.27.